The van der Waals surface area contributed by atoms with Gasteiger partial charge in [-0.25, -0.2) is 4.79 Å². The van der Waals surface area contributed by atoms with E-state index in [2.05, 4.69) is 31.9 Å². The van der Waals surface area contributed by atoms with Gasteiger partial charge >= 0.3 is 6.09 Å². The van der Waals surface area contributed by atoms with Crippen molar-refractivity contribution in [3.63, 3.8) is 0 Å². The summed E-state index contributed by atoms with van der Waals surface area (Å²) >= 11 is 0. The Bertz CT molecular complexity index is 1880. The number of aromatic nitrogens is 3. The summed E-state index contributed by atoms with van der Waals surface area (Å²) in [4.78, 5) is 49.3. The highest BCUT2D eigenvalue weighted by Gasteiger charge is 2.34. The third kappa shape index (κ3) is 6.77. The standard InChI is InChI=1S/C37H42N6O4/c1-25-21-26(22-29-24-38-40-34(25)29)9-10-33(36(45)42-19-13-30(14-20-42)41-15-5-2-6-16-41)47-37(46)43-17-11-27(12-18-43)31-23-28-7-3-4-8-32(28)39-35(31)44/h3-4,7-8,21-24,27,30,33H,2,5-6,11-20H2,1H3,(H,38,40)(H,39,44). The Morgan fingerprint density at radius 1 is 0.915 bits per heavy atom. The summed E-state index contributed by atoms with van der Waals surface area (Å²) < 4.78 is 5.92. The maximum atomic E-state index is 13.9. The minimum atomic E-state index is -1.21. The summed E-state index contributed by atoms with van der Waals surface area (Å²) in [6.07, 6.45) is 6.87. The fraction of sp³-hybridized carbons (Fsp3) is 0.459. The summed E-state index contributed by atoms with van der Waals surface area (Å²) in [5, 5.41) is 9.05. The van der Waals surface area contributed by atoms with Gasteiger partial charge in [0.05, 0.1) is 11.7 Å². The number of benzene rings is 2. The number of likely N-dealkylation sites (tertiary alicyclic amines) is 3. The van der Waals surface area contributed by atoms with Crippen molar-refractivity contribution in [3.05, 3.63) is 75.7 Å². The van der Waals surface area contributed by atoms with E-state index in [0.29, 0.717) is 45.1 Å². The maximum Gasteiger partial charge on any atom is 0.411 e. The molecule has 3 fully saturated rings. The number of nitrogens with zero attached hydrogens (tertiary/aromatic N) is 4. The Morgan fingerprint density at radius 2 is 1.66 bits per heavy atom. The molecule has 2 amide bonds. The van der Waals surface area contributed by atoms with Crippen molar-refractivity contribution < 1.29 is 14.3 Å². The van der Waals surface area contributed by atoms with Crippen LogP contribution >= 0.6 is 0 Å². The van der Waals surface area contributed by atoms with Gasteiger partial charge in [-0.05, 0) is 106 Å². The molecule has 1 unspecified atom stereocenters. The molecule has 3 saturated heterocycles. The number of amides is 2. The number of para-hydroxylation sites is 1. The number of fused-ring (bicyclic) bond motifs is 2. The number of rotatable bonds is 4. The van der Waals surface area contributed by atoms with Crippen LogP contribution in [-0.2, 0) is 9.53 Å². The monoisotopic (exact) mass is 634 g/mol. The smallest absolute Gasteiger partial charge is 0.411 e. The van der Waals surface area contributed by atoms with Gasteiger partial charge in [0.25, 0.3) is 11.5 Å². The average Bonchev–Trinajstić information content (AvgIpc) is 3.59. The lowest BCUT2D eigenvalue weighted by Gasteiger charge is -2.40. The number of ether oxygens (including phenoxy) is 1. The van der Waals surface area contributed by atoms with Crippen LogP contribution in [0.5, 0.6) is 0 Å². The number of aromatic amines is 2. The molecule has 0 saturated carbocycles. The van der Waals surface area contributed by atoms with E-state index >= 15 is 0 Å². The molecule has 3 aliphatic heterocycles. The lowest BCUT2D eigenvalue weighted by molar-refractivity contribution is -0.139. The molecule has 0 bridgehead atoms. The zero-order valence-corrected chi connectivity index (χ0v) is 27.0. The number of H-pyrrole nitrogens is 2. The fourth-order valence-electron chi connectivity index (χ4n) is 7.51. The lowest BCUT2D eigenvalue weighted by atomic mass is 9.89. The highest BCUT2D eigenvalue weighted by molar-refractivity contribution is 5.87. The number of piperidine rings is 3. The number of aryl methyl sites for hydroxylation is 1. The van der Waals surface area contributed by atoms with E-state index in [1.807, 2.05) is 54.3 Å². The minimum Gasteiger partial charge on any atom is -0.423 e. The Labute approximate surface area is 274 Å². The van der Waals surface area contributed by atoms with Crippen LogP contribution in [0.1, 0.15) is 67.6 Å². The Morgan fingerprint density at radius 3 is 2.45 bits per heavy atom. The number of hydrogen-bond donors (Lipinski definition) is 2. The highest BCUT2D eigenvalue weighted by Crippen LogP contribution is 2.28. The third-order valence-electron chi connectivity index (χ3n) is 10.2. The number of hydrogen-bond acceptors (Lipinski definition) is 6. The molecule has 2 aromatic heterocycles. The summed E-state index contributed by atoms with van der Waals surface area (Å²) in [7, 11) is 0. The van der Waals surface area contributed by atoms with Gasteiger partial charge in [0, 0.05) is 54.3 Å². The SMILES string of the molecule is Cc1cc(C#CC(OC(=O)N2CCC(c3cc4ccccc4[nH]c3=O)CC2)C(=O)N2CCC(N3CCCCC3)CC2)cc2cn[nH]c12. The largest absolute Gasteiger partial charge is 0.423 e. The first-order valence-corrected chi connectivity index (χ1v) is 17.0. The summed E-state index contributed by atoms with van der Waals surface area (Å²) in [6.45, 7) is 6.37. The van der Waals surface area contributed by atoms with Gasteiger partial charge in [0.15, 0.2) is 0 Å². The van der Waals surface area contributed by atoms with Gasteiger partial charge in [-0.15, -0.1) is 0 Å². The zero-order valence-electron chi connectivity index (χ0n) is 27.0. The molecule has 10 nitrogen and oxygen atoms in total. The van der Waals surface area contributed by atoms with Crippen LogP contribution in [0.25, 0.3) is 21.8 Å². The normalized spacial score (nSPS) is 19.0. The second kappa shape index (κ2) is 13.6. The molecule has 0 spiro atoms. The fourth-order valence-corrected chi connectivity index (χ4v) is 7.51. The van der Waals surface area contributed by atoms with E-state index in [-0.39, 0.29) is 17.4 Å². The minimum absolute atomic E-state index is 0.0342. The van der Waals surface area contributed by atoms with Crippen LogP contribution in [-0.4, -0.2) is 93.3 Å². The van der Waals surface area contributed by atoms with Crippen molar-refractivity contribution >= 4 is 33.8 Å². The van der Waals surface area contributed by atoms with E-state index in [1.165, 1.54) is 19.3 Å². The van der Waals surface area contributed by atoms with E-state index in [1.54, 1.807) is 11.1 Å². The third-order valence-corrected chi connectivity index (χ3v) is 10.2. The molecule has 3 aliphatic rings. The van der Waals surface area contributed by atoms with Crippen molar-refractivity contribution in [2.45, 2.75) is 69.9 Å². The van der Waals surface area contributed by atoms with Gasteiger partial charge in [-0.1, -0.05) is 30.5 Å². The van der Waals surface area contributed by atoms with Crippen LogP contribution < -0.4 is 5.56 Å². The molecular formula is C37H42N6O4. The summed E-state index contributed by atoms with van der Waals surface area (Å²) in [6, 6.07) is 14.1. The van der Waals surface area contributed by atoms with Crippen LogP contribution in [0.3, 0.4) is 0 Å². The van der Waals surface area contributed by atoms with Crippen molar-refractivity contribution in [2.75, 3.05) is 39.3 Å². The van der Waals surface area contributed by atoms with E-state index in [4.69, 9.17) is 4.74 Å². The number of carbonyl (C=O) groups excluding carboxylic acids is 2. The molecule has 5 heterocycles. The Kier molecular flexibility index (Phi) is 8.99. The van der Waals surface area contributed by atoms with E-state index < -0.39 is 12.2 Å². The average molecular weight is 635 g/mol. The first-order valence-electron chi connectivity index (χ1n) is 17.0. The quantitative estimate of drug-likeness (QED) is 0.308. The predicted octanol–water partition coefficient (Wildman–Crippen LogP) is 4.93. The number of carbonyl (C=O) groups is 2. The maximum absolute atomic E-state index is 13.9. The molecule has 2 aromatic carbocycles. The molecule has 0 radical (unpaired) electrons. The van der Waals surface area contributed by atoms with Crippen LogP contribution in [0.2, 0.25) is 0 Å². The second-order valence-corrected chi connectivity index (χ2v) is 13.2. The van der Waals surface area contributed by atoms with Crippen LogP contribution in [0.15, 0.2) is 53.5 Å². The Balaban J connectivity index is 1.05. The molecule has 47 heavy (non-hydrogen) atoms. The lowest BCUT2D eigenvalue weighted by Crippen LogP contribution is -2.51. The van der Waals surface area contributed by atoms with Crippen molar-refractivity contribution in [1.82, 2.24) is 29.9 Å². The van der Waals surface area contributed by atoms with Crippen molar-refractivity contribution in [2.24, 2.45) is 0 Å². The van der Waals surface area contributed by atoms with Gasteiger partial charge in [-0.3, -0.25) is 14.7 Å². The number of nitrogens with one attached hydrogen (secondary N) is 2. The van der Waals surface area contributed by atoms with Crippen LogP contribution in [0.4, 0.5) is 4.79 Å². The molecule has 1 atom stereocenters. The predicted molar refractivity (Wildman–Crippen MR) is 181 cm³/mol. The first-order chi connectivity index (χ1) is 22.9. The van der Waals surface area contributed by atoms with Gasteiger partial charge in [0.2, 0.25) is 6.10 Å². The summed E-state index contributed by atoms with van der Waals surface area (Å²) in [5.41, 5.74) is 4.15. The second-order valence-electron chi connectivity index (χ2n) is 13.2. The zero-order chi connectivity index (χ0) is 32.3. The van der Waals surface area contributed by atoms with Gasteiger partial charge < -0.3 is 24.4 Å². The Hall–Kier alpha value is -4.62. The van der Waals surface area contributed by atoms with E-state index in [9.17, 15) is 14.4 Å². The van der Waals surface area contributed by atoms with Crippen molar-refractivity contribution in [3.8, 4) is 11.8 Å². The first kappa shape index (κ1) is 31.0. The molecule has 244 valence electrons. The molecule has 0 aliphatic carbocycles. The van der Waals surface area contributed by atoms with Gasteiger partial charge in [-0.2, -0.15) is 5.10 Å². The van der Waals surface area contributed by atoms with Crippen molar-refractivity contribution in [1.29, 1.82) is 0 Å². The van der Waals surface area contributed by atoms with Gasteiger partial charge in [0.1, 0.15) is 0 Å². The molecule has 10 heteroatoms. The highest BCUT2D eigenvalue weighted by atomic mass is 16.6. The molecule has 4 aromatic rings. The topological polar surface area (TPSA) is 115 Å². The van der Waals surface area contributed by atoms with Crippen LogP contribution in [0, 0.1) is 18.8 Å². The number of pyridine rings is 1. The molecular weight excluding hydrogens is 592 g/mol. The van der Waals surface area contributed by atoms with E-state index in [0.717, 1.165) is 64.4 Å². The summed E-state index contributed by atoms with van der Waals surface area (Å²) in [5.74, 6) is 5.92. The molecule has 7 rings (SSSR count). The molecule has 2 N–H and O–H groups in total.